The molecule has 3 nitrogen and oxygen atoms in total. The lowest BCUT2D eigenvalue weighted by molar-refractivity contribution is 0.574. The normalized spacial score (nSPS) is 12.6. The van der Waals surface area contributed by atoms with E-state index in [-0.39, 0.29) is 6.04 Å². The van der Waals surface area contributed by atoms with Gasteiger partial charge in [0.2, 0.25) is 0 Å². The number of aromatic nitrogens is 2. The Kier molecular flexibility index (Phi) is 4.34. The molecule has 2 aromatic rings. The van der Waals surface area contributed by atoms with Crippen LogP contribution in [0, 0.1) is 0 Å². The maximum Gasteiger partial charge on any atom is 0.0928 e. The third-order valence-corrected chi connectivity index (χ3v) is 3.77. The summed E-state index contributed by atoms with van der Waals surface area (Å²) in [5, 5.41) is 10.4. The van der Waals surface area contributed by atoms with Crippen LogP contribution >= 0.6 is 34.7 Å². The van der Waals surface area contributed by atoms with Gasteiger partial charge in [-0.05, 0) is 42.7 Å². The fraction of sp³-hybridized carbons (Fsp3) is 0.273. The minimum atomic E-state index is 0.144. The van der Waals surface area contributed by atoms with Crippen molar-refractivity contribution in [2.24, 2.45) is 0 Å². The Labute approximate surface area is 114 Å². The standard InChI is InChI=1S/C11H11Cl2N3S/c1-14-10(11-6-17-16-15-11)5-7-2-3-8(12)9(13)4-7/h2-4,6,10,14H,5H2,1H3. The highest BCUT2D eigenvalue weighted by molar-refractivity contribution is 7.03. The SMILES string of the molecule is CNC(Cc1ccc(Cl)c(Cl)c1)c1csnn1. The lowest BCUT2D eigenvalue weighted by atomic mass is 10.0. The zero-order chi connectivity index (χ0) is 12.3. The van der Waals surface area contributed by atoms with E-state index in [0.717, 1.165) is 17.7 Å². The van der Waals surface area contributed by atoms with Crippen LogP contribution in [-0.2, 0) is 6.42 Å². The molecule has 0 fully saturated rings. The number of nitrogens with one attached hydrogen (secondary N) is 1. The predicted octanol–water partition coefficient (Wildman–Crippen LogP) is 3.35. The Morgan fingerprint density at radius 2 is 2.18 bits per heavy atom. The molecule has 1 aromatic carbocycles. The second-order valence-electron chi connectivity index (χ2n) is 3.62. The molecule has 0 saturated carbocycles. The fourth-order valence-corrected chi connectivity index (χ4v) is 2.41. The van der Waals surface area contributed by atoms with Gasteiger partial charge < -0.3 is 5.32 Å². The number of nitrogens with zero attached hydrogens (tertiary/aromatic N) is 2. The van der Waals surface area contributed by atoms with E-state index in [0.29, 0.717) is 10.0 Å². The first-order valence-electron chi connectivity index (χ1n) is 5.09. The summed E-state index contributed by atoms with van der Waals surface area (Å²) in [5.41, 5.74) is 2.07. The van der Waals surface area contributed by atoms with Crippen LogP contribution in [0.2, 0.25) is 10.0 Å². The van der Waals surface area contributed by atoms with E-state index in [1.165, 1.54) is 11.5 Å². The van der Waals surface area contributed by atoms with Crippen molar-refractivity contribution in [3.05, 3.63) is 44.9 Å². The molecule has 0 spiro atoms. The quantitative estimate of drug-likeness (QED) is 0.937. The second-order valence-corrected chi connectivity index (χ2v) is 5.05. The van der Waals surface area contributed by atoms with Crippen LogP contribution in [0.15, 0.2) is 23.6 Å². The van der Waals surface area contributed by atoms with Crippen LogP contribution in [0.4, 0.5) is 0 Å². The molecule has 6 heteroatoms. The Morgan fingerprint density at radius 1 is 1.35 bits per heavy atom. The van der Waals surface area contributed by atoms with Gasteiger partial charge in [-0.2, -0.15) is 0 Å². The van der Waals surface area contributed by atoms with Crippen molar-refractivity contribution in [3.8, 4) is 0 Å². The van der Waals surface area contributed by atoms with Crippen LogP contribution in [0.3, 0.4) is 0 Å². The van der Waals surface area contributed by atoms with Crippen molar-refractivity contribution in [1.82, 2.24) is 14.9 Å². The predicted molar refractivity (Wildman–Crippen MR) is 71.9 cm³/mol. The van der Waals surface area contributed by atoms with Gasteiger partial charge in [-0.15, -0.1) is 5.10 Å². The second kappa shape index (κ2) is 5.78. The summed E-state index contributed by atoms with van der Waals surface area (Å²) in [6, 6.07) is 5.81. The van der Waals surface area contributed by atoms with E-state index < -0.39 is 0 Å². The number of benzene rings is 1. The van der Waals surface area contributed by atoms with Crippen molar-refractivity contribution in [1.29, 1.82) is 0 Å². The molecular weight excluding hydrogens is 277 g/mol. The van der Waals surface area contributed by atoms with Gasteiger partial charge >= 0.3 is 0 Å². The lowest BCUT2D eigenvalue weighted by Crippen LogP contribution is -2.19. The summed E-state index contributed by atoms with van der Waals surface area (Å²) in [5.74, 6) is 0. The zero-order valence-corrected chi connectivity index (χ0v) is 11.5. The molecule has 0 aliphatic rings. The zero-order valence-electron chi connectivity index (χ0n) is 9.15. The fourth-order valence-electron chi connectivity index (χ4n) is 1.58. The van der Waals surface area contributed by atoms with E-state index in [9.17, 15) is 0 Å². The molecule has 1 aromatic heterocycles. The molecule has 1 unspecified atom stereocenters. The van der Waals surface area contributed by atoms with E-state index in [1.807, 2.05) is 30.6 Å². The number of hydrogen-bond donors (Lipinski definition) is 1. The van der Waals surface area contributed by atoms with Crippen LogP contribution in [0.5, 0.6) is 0 Å². The van der Waals surface area contributed by atoms with Gasteiger partial charge in [-0.25, -0.2) is 0 Å². The molecule has 1 N–H and O–H groups in total. The smallest absolute Gasteiger partial charge is 0.0928 e. The van der Waals surface area contributed by atoms with Crippen molar-refractivity contribution >= 4 is 34.7 Å². The van der Waals surface area contributed by atoms with Gasteiger partial charge in [0.1, 0.15) is 0 Å². The summed E-state index contributed by atoms with van der Waals surface area (Å²) in [6.07, 6.45) is 0.804. The van der Waals surface area contributed by atoms with Crippen molar-refractivity contribution in [2.75, 3.05) is 7.05 Å². The summed E-state index contributed by atoms with van der Waals surface area (Å²) >= 11 is 13.2. The topological polar surface area (TPSA) is 37.8 Å². The number of rotatable bonds is 4. The van der Waals surface area contributed by atoms with Crippen LogP contribution < -0.4 is 5.32 Å². The summed E-state index contributed by atoms with van der Waals surface area (Å²) in [6.45, 7) is 0. The van der Waals surface area contributed by atoms with E-state index in [1.54, 1.807) is 0 Å². The molecule has 2 rings (SSSR count). The maximum absolute atomic E-state index is 5.99. The molecular formula is C11H11Cl2N3S. The molecule has 0 aliphatic carbocycles. The highest BCUT2D eigenvalue weighted by atomic mass is 35.5. The Morgan fingerprint density at radius 3 is 2.76 bits per heavy atom. The Balaban J connectivity index is 2.16. The molecule has 0 amide bonds. The average Bonchev–Trinajstić information content (AvgIpc) is 2.84. The van der Waals surface area contributed by atoms with Gasteiger partial charge in [0.25, 0.3) is 0 Å². The monoisotopic (exact) mass is 287 g/mol. The van der Waals surface area contributed by atoms with Crippen molar-refractivity contribution < 1.29 is 0 Å². The lowest BCUT2D eigenvalue weighted by Gasteiger charge is -2.13. The summed E-state index contributed by atoms with van der Waals surface area (Å²) in [7, 11) is 1.90. The Hall–Kier alpha value is -0.680. The minimum absolute atomic E-state index is 0.144. The van der Waals surface area contributed by atoms with Gasteiger partial charge in [-0.1, -0.05) is 33.8 Å². The summed E-state index contributed by atoms with van der Waals surface area (Å²) < 4.78 is 3.87. The minimum Gasteiger partial charge on any atom is -0.311 e. The van der Waals surface area contributed by atoms with Crippen molar-refractivity contribution in [2.45, 2.75) is 12.5 Å². The van der Waals surface area contributed by atoms with E-state index in [4.69, 9.17) is 23.2 Å². The molecule has 1 atom stereocenters. The third-order valence-electron chi connectivity index (χ3n) is 2.51. The van der Waals surface area contributed by atoms with Crippen LogP contribution in [0.1, 0.15) is 17.3 Å². The largest absolute Gasteiger partial charge is 0.311 e. The van der Waals surface area contributed by atoms with E-state index in [2.05, 4.69) is 14.9 Å². The third kappa shape index (κ3) is 3.16. The molecule has 0 radical (unpaired) electrons. The van der Waals surface area contributed by atoms with Gasteiger partial charge in [0, 0.05) is 5.38 Å². The molecule has 17 heavy (non-hydrogen) atoms. The van der Waals surface area contributed by atoms with Crippen molar-refractivity contribution in [3.63, 3.8) is 0 Å². The molecule has 0 saturated heterocycles. The van der Waals surface area contributed by atoms with Gasteiger partial charge in [0.15, 0.2) is 0 Å². The molecule has 0 aliphatic heterocycles. The number of halogens is 2. The van der Waals surface area contributed by atoms with Crippen LogP contribution in [0.25, 0.3) is 0 Å². The van der Waals surface area contributed by atoms with E-state index >= 15 is 0 Å². The first-order chi connectivity index (χ1) is 8.20. The number of likely N-dealkylation sites (N-methyl/N-ethyl adjacent to an activating group) is 1. The highest BCUT2D eigenvalue weighted by Gasteiger charge is 2.13. The van der Waals surface area contributed by atoms with Gasteiger partial charge in [0.05, 0.1) is 21.8 Å². The maximum atomic E-state index is 5.99. The summed E-state index contributed by atoms with van der Waals surface area (Å²) in [4.78, 5) is 0. The Bertz CT molecular complexity index is 487. The molecule has 90 valence electrons. The van der Waals surface area contributed by atoms with Crippen LogP contribution in [-0.4, -0.2) is 16.6 Å². The molecule has 0 bridgehead atoms. The first-order valence-corrected chi connectivity index (χ1v) is 6.68. The first kappa shape index (κ1) is 12.8. The molecule has 1 heterocycles. The van der Waals surface area contributed by atoms with Gasteiger partial charge in [-0.3, -0.25) is 0 Å². The number of hydrogen-bond acceptors (Lipinski definition) is 4. The highest BCUT2D eigenvalue weighted by Crippen LogP contribution is 2.25. The average molecular weight is 288 g/mol.